The van der Waals surface area contributed by atoms with Gasteiger partial charge in [0.1, 0.15) is 5.54 Å². The summed E-state index contributed by atoms with van der Waals surface area (Å²) >= 11 is 0. The van der Waals surface area contributed by atoms with Gasteiger partial charge in [0.05, 0.1) is 6.61 Å². The number of carbonyl (C=O) groups is 1. The fraction of sp³-hybridized carbons (Fsp3) is 0.955. The Morgan fingerprint density at radius 3 is 1.52 bits per heavy atom. The maximum absolute atomic E-state index is 12.4. The molecule has 0 aromatic carbocycles. The second-order valence-corrected chi connectivity index (χ2v) is 7.68. The smallest absolute Gasteiger partial charge is 0.326 e. The summed E-state index contributed by atoms with van der Waals surface area (Å²) in [5, 5.41) is 0. The van der Waals surface area contributed by atoms with E-state index in [0.717, 1.165) is 51.4 Å². The van der Waals surface area contributed by atoms with E-state index in [4.69, 9.17) is 10.5 Å². The Hall–Kier alpha value is -0.570. The van der Waals surface area contributed by atoms with Crippen LogP contribution in [0.25, 0.3) is 0 Å². The minimum Gasteiger partial charge on any atom is -0.464 e. The molecular weight excluding hydrogens is 310 g/mol. The highest BCUT2D eigenvalue weighted by Gasteiger charge is 2.34. The standard InChI is InChI=1S/C22H45NO2/c1-4-7-10-11-12-13-14-15-16-17-20-25-21(24)22(23,18-8-5-2)19-9-6-3/h4-20,23H2,1-3H3. The molecule has 0 aromatic rings. The number of hydrogen-bond donors (Lipinski definition) is 1. The third kappa shape index (κ3) is 13.3. The molecule has 0 rings (SSSR count). The summed E-state index contributed by atoms with van der Waals surface area (Å²) in [5.41, 5.74) is 5.61. The molecule has 0 spiro atoms. The first-order valence-electron chi connectivity index (χ1n) is 11.1. The van der Waals surface area contributed by atoms with Gasteiger partial charge in [-0.3, -0.25) is 4.79 Å². The number of unbranched alkanes of at least 4 members (excludes halogenated alkanes) is 11. The number of esters is 1. The topological polar surface area (TPSA) is 52.3 Å². The molecule has 0 aliphatic heterocycles. The Kier molecular flexibility index (Phi) is 16.5. The molecule has 0 atom stereocenters. The molecule has 0 heterocycles. The van der Waals surface area contributed by atoms with Crippen molar-refractivity contribution in [2.24, 2.45) is 5.73 Å². The van der Waals surface area contributed by atoms with E-state index in [1.165, 1.54) is 51.4 Å². The molecule has 0 fully saturated rings. The lowest BCUT2D eigenvalue weighted by atomic mass is 9.88. The Labute approximate surface area is 157 Å². The van der Waals surface area contributed by atoms with Crippen molar-refractivity contribution in [3.63, 3.8) is 0 Å². The van der Waals surface area contributed by atoms with Crippen molar-refractivity contribution in [1.29, 1.82) is 0 Å². The molecular formula is C22H45NO2. The number of nitrogens with two attached hydrogens (primary N) is 1. The number of carbonyl (C=O) groups excluding carboxylic acids is 1. The summed E-state index contributed by atoms with van der Waals surface area (Å²) in [6.45, 7) is 7.06. The predicted octanol–water partition coefficient (Wildman–Crippen LogP) is 6.53. The second-order valence-electron chi connectivity index (χ2n) is 7.68. The largest absolute Gasteiger partial charge is 0.464 e. The summed E-state index contributed by atoms with van der Waals surface area (Å²) in [6, 6.07) is 0. The molecule has 0 saturated carbocycles. The molecule has 150 valence electrons. The van der Waals surface area contributed by atoms with Crippen LogP contribution >= 0.6 is 0 Å². The first-order chi connectivity index (χ1) is 12.1. The first kappa shape index (κ1) is 24.4. The lowest BCUT2D eigenvalue weighted by Crippen LogP contribution is -2.49. The van der Waals surface area contributed by atoms with E-state index in [9.17, 15) is 4.79 Å². The first-order valence-corrected chi connectivity index (χ1v) is 11.1. The molecule has 0 unspecified atom stereocenters. The molecule has 0 radical (unpaired) electrons. The van der Waals surface area contributed by atoms with Crippen LogP contribution in [0, 0.1) is 0 Å². The van der Waals surface area contributed by atoms with Gasteiger partial charge in [0, 0.05) is 0 Å². The molecule has 0 aromatic heterocycles. The zero-order valence-corrected chi connectivity index (χ0v) is 17.4. The Bertz CT molecular complexity index is 296. The maximum atomic E-state index is 12.4. The van der Waals surface area contributed by atoms with Gasteiger partial charge in [0.15, 0.2) is 0 Å². The van der Waals surface area contributed by atoms with E-state index >= 15 is 0 Å². The summed E-state index contributed by atoms with van der Waals surface area (Å²) in [6.07, 6.45) is 18.5. The van der Waals surface area contributed by atoms with Crippen LogP contribution < -0.4 is 5.73 Å². The van der Waals surface area contributed by atoms with E-state index in [1.807, 2.05) is 0 Å². The SMILES string of the molecule is CCCCCCCCCCCCOC(=O)C(N)(CCCC)CCCC. The Balaban J connectivity index is 3.74. The highest BCUT2D eigenvalue weighted by atomic mass is 16.5. The number of hydrogen-bond acceptors (Lipinski definition) is 3. The van der Waals surface area contributed by atoms with Gasteiger partial charge >= 0.3 is 5.97 Å². The van der Waals surface area contributed by atoms with Gasteiger partial charge in [0.25, 0.3) is 0 Å². The number of rotatable bonds is 18. The number of ether oxygens (including phenoxy) is 1. The fourth-order valence-electron chi connectivity index (χ4n) is 3.21. The summed E-state index contributed by atoms with van der Waals surface area (Å²) in [5.74, 6) is -0.176. The van der Waals surface area contributed by atoms with E-state index in [-0.39, 0.29) is 5.97 Å². The van der Waals surface area contributed by atoms with Crippen LogP contribution in [0.15, 0.2) is 0 Å². The van der Waals surface area contributed by atoms with Crippen LogP contribution in [0.1, 0.15) is 124 Å². The van der Waals surface area contributed by atoms with Crippen molar-refractivity contribution in [3.05, 3.63) is 0 Å². The minimum absolute atomic E-state index is 0.176. The van der Waals surface area contributed by atoms with Crippen molar-refractivity contribution < 1.29 is 9.53 Å². The predicted molar refractivity (Wildman–Crippen MR) is 109 cm³/mol. The molecule has 3 heteroatoms. The van der Waals surface area contributed by atoms with Gasteiger partial charge in [-0.05, 0) is 19.3 Å². The molecule has 25 heavy (non-hydrogen) atoms. The fourth-order valence-corrected chi connectivity index (χ4v) is 3.21. The highest BCUT2D eigenvalue weighted by Crippen LogP contribution is 2.21. The van der Waals surface area contributed by atoms with Crippen LogP contribution in [-0.4, -0.2) is 18.1 Å². The van der Waals surface area contributed by atoms with Crippen molar-refractivity contribution in [2.45, 2.75) is 129 Å². The van der Waals surface area contributed by atoms with Crippen molar-refractivity contribution >= 4 is 5.97 Å². The monoisotopic (exact) mass is 355 g/mol. The quantitative estimate of drug-likeness (QED) is 0.225. The van der Waals surface area contributed by atoms with Crippen LogP contribution in [-0.2, 0) is 9.53 Å². The molecule has 0 bridgehead atoms. The third-order valence-electron chi connectivity index (χ3n) is 5.09. The Morgan fingerprint density at radius 2 is 1.08 bits per heavy atom. The van der Waals surface area contributed by atoms with Crippen molar-refractivity contribution in [2.75, 3.05) is 6.61 Å². The Morgan fingerprint density at radius 1 is 0.680 bits per heavy atom. The molecule has 0 saturated heterocycles. The third-order valence-corrected chi connectivity index (χ3v) is 5.09. The average Bonchev–Trinajstić information content (AvgIpc) is 2.62. The lowest BCUT2D eigenvalue weighted by molar-refractivity contribution is -0.151. The normalized spacial score (nSPS) is 11.7. The second kappa shape index (κ2) is 16.9. The zero-order valence-electron chi connectivity index (χ0n) is 17.4. The zero-order chi connectivity index (χ0) is 18.8. The van der Waals surface area contributed by atoms with Gasteiger partial charge in [-0.15, -0.1) is 0 Å². The van der Waals surface area contributed by atoms with Crippen LogP contribution in [0.4, 0.5) is 0 Å². The molecule has 2 N–H and O–H groups in total. The van der Waals surface area contributed by atoms with E-state index in [2.05, 4.69) is 20.8 Å². The van der Waals surface area contributed by atoms with Crippen LogP contribution in [0.2, 0.25) is 0 Å². The van der Waals surface area contributed by atoms with Crippen molar-refractivity contribution in [1.82, 2.24) is 0 Å². The summed E-state index contributed by atoms with van der Waals surface area (Å²) in [7, 11) is 0. The van der Waals surface area contributed by atoms with Gasteiger partial charge in [0.2, 0.25) is 0 Å². The van der Waals surface area contributed by atoms with Crippen molar-refractivity contribution in [3.8, 4) is 0 Å². The minimum atomic E-state index is -0.759. The molecule has 0 amide bonds. The maximum Gasteiger partial charge on any atom is 0.326 e. The van der Waals surface area contributed by atoms with E-state index in [0.29, 0.717) is 6.61 Å². The summed E-state index contributed by atoms with van der Waals surface area (Å²) in [4.78, 5) is 12.4. The summed E-state index contributed by atoms with van der Waals surface area (Å²) < 4.78 is 5.51. The lowest BCUT2D eigenvalue weighted by Gasteiger charge is -2.27. The molecule has 3 nitrogen and oxygen atoms in total. The van der Waals surface area contributed by atoms with Crippen LogP contribution in [0.5, 0.6) is 0 Å². The molecule has 0 aliphatic rings. The van der Waals surface area contributed by atoms with Gasteiger partial charge in [-0.25, -0.2) is 0 Å². The average molecular weight is 356 g/mol. The van der Waals surface area contributed by atoms with Gasteiger partial charge in [-0.2, -0.15) is 0 Å². The highest BCUT2D eigenvalue weighted by molar-refractivity contribution is 5.80. The van der Waals surface area contributed by atoms with Gasteiger partial charge in [-0.1, -0.05) is 104 Å². The van der Waals surface area contributed by atoms with E-state index in [1.54, 1.807) is 0 Å². The van der Waals surface area contributed by atoms with E-state index < -0.39 is 5.54 Å². The molecule has 0 aliphatic carbocycles. The van der Waals surface area contributed by atoms with Crippen LogP contribution in [0.3, 0.4) is 0 Å². The van der Waals surface area contributed by atoms with Gasteiger partial charge < -0.3 is 10.5 Å².